The van der Waals surface area contributed by atoms with Gasteiger partial charge in [-0.2, -0.15) is 0 Å². The Morgan fingerprint density at radius 3 is 2.96 bits per heavy atom. The van der Waals surface area contributed by atoms with E-state index in [0.29, 0.717) is 6.54 Å². The standard InChI is InChI=1S/C19H26N6O2/c1-23(17-8-4-6-15-5-2-3-7-16(15)17)19(26)14-25-18(20-21-22-25)13-24-9-11-27-12-10-24/h2-3,5,7,17H,4,6,8-14H2,1H3. The van der Waals surface area contributed by atoms with Crippen LogP contribution in [0.4, 0.5) is 0 Å². The molecule has 2 aliphatic rings. The van der Waals surface area contributed by atoms with E-state index in [1.165, 1.54) is 11.1 Å². The number of carbonyl (C=O) groups is 1. The molecule has 8 nitrogen and oxygen atoms in total. The van der Waals surface area contributed by atoms with Crippen LogP contribution in [-0.2, 0) is 29.0 Å². The summed E-state index contributed by atoms with van der Waals surface area (Å²) in [6.07, 6.45) is 3.19. The second-order valence-electron chi connectivity index (χ2n) is 7.25. The van der Waals surface area contributed by atoms with Gasteiger partial charge in [0.1, 0.15) is 6.54 Å². The van der Waals surface area contributed by atoms with E-state index in [1.807, 2.05) is 11.9 Å². The van der Waals surface area contributed by atoms with Crippen LogP contribution in [0.5, 0.6) is 0 Å². The highest BCUT2D eigenvalue weighted by Gasteiger charge is 2.27. The van der Waals surface area contributed by atoms with Gasteiger partial charge in [0.15, 0.2) is 5.82 Å². The lowest BCUT2D eigenvalue weighted by Gasteiger charge is -2.33. The Morgan fingerprint density at radius 2 is 2.11 bits per heavy atom. The highest BCUT2D eigenvalue weighted by atomic mass is 16.5. The molecule has 1 aromatic carbocycles. The predicted octanol–water partition coefficient (Wildman–Crippen LogP) is 1.04. The topological polar surface area (TPSA) is 76.4 Å². The summed E-state index contributed by atoms with van der Waals surface area (Å²) in [5, 5.41) is 11.9. The second kappa shape index (κ2) is 8.14. The molecule has 1 atom stereocenters. The van der Waals surface area contributed by atoms with Crippen molar-refractivity contribution in [3.05, 3.63) is 41.2 Å². The number of nitrogens with zero attached hydrogens (tertiary/aromatic N) is 6. The maximum atomic E-state index is 12.9. The quantitative estimate of drug-likeness (QED) is 0.783. The average molecular weight is 370 g/mol. The Bertz CT molecular complexity index is 786. The average Bonchev–Trinajstić information content (AvgIpc) is 3.14. The fourth-order valence-corrected chi connectivity index (χ4v) is 3.96. The third-order valence-electron chi connectivity index (χ3n) is 5.56. The molecule has 1 amide bonds. The van der Waals surface area contributed by atoms with Crippen molar-refractivity contribution in [2.45, 2.75) is 38.4 Å². The summed E-state index contributed by atoms with van der Waals surface area (Å²) in [6.45, 7) is 3.98. The molecule has 2 aromatic rings. The maximum Gasteiger partial charge on any atom is 0.244 e. The van der Waals surface area contributed by atoms with Crippen LogP contribution < -0.4 is 0 Å². The highest BCUT2D eigenvalue weighted by Crippen LogP contribution is 2.33. The largest absolute Gasteiger partial charge is 0.379 e. The van der Waals surface area contributed by atoms with Crippen LogP contribution in [0.1, 0.15) is 35.8 Å². The number of hydrogen-bond acceptors (Lipinski definition) is 6. The van der Waals surface area contributed by atoms with Crippen LogP contribution in [0, 0.1) is 0 Å². The minimum atomic E-state index is 0.0345. The molecule has 0 radical (unpaired) electrons. The van der Waals surface area contributed by atoms with Crippen LogP contribution in [0.2, 0.25) is 0 Å². The molecule has 0 spiro atoms. The number of fused-ring (bicyclic) bond motifs is 1. The van der Waals surface area contributed by atoms with Crippen LogP contribution >= 0.6 is 0 Å². The first-order valence-corrected chi connectivity index (χ1v) is 9.61. The number of tetrazole rings is 1. The number of morpholine rings is 1. The molecular weight excluding hydrogens is 344 g/mol. The number of rotatable bonds is 5. The summed E-state index contributed by atoms with van der Waals surface area (Å²) in [5.41, 5.74) is 2.62. The van der Waals surface area contributed by atoms with E-state index >= 15 is 0 Å². The van der Waals surface area contributed by atoms with Crippen molar-refractivity contribution >= 4 is 5.91 Å². The van der Waals surface area contributed by atoms with Gasteiger partial charge < -0.3 is 9.64 Å². The summed E-state index contributed by atoms with van der Waals surface area (Å²) < 4.78 is 7.01. The van der Waals surface area contributed by atoms with E-state index in [1.54, 1.807) is 4.68 Å². The zero-order valence-corrected chi connectivity index (χ0v) is 15.8. The number of aromatic nitrogens is 4. The van der Waals surface area contributed by atoms with Gasteiger partial charge in [-0.25, -0.2) is 4.68 Å². The van der Waals surface area contributed by atoms with Crippen LogP contribution in [0.25, 0.3) is 0 Å². The number of likely N-dealkylation sites (N-methyl/N-ethyl adjacent to an activating group) is 1. The fourth-order valence-electron chi connectivity index (χ4n) is 3.96. The van der Waals surface area contributed by atoms with Crippen molar-refractivity contribution in [3.63, 3.8) is 0 Å². The number of ether oxygens (including phenoxy) is 1. The van der Waals surface area contributed by atoms with E-state index in [4.69, 9.17) is 4.74 Å². The van der Waals surface area contributed by atoms with Gasteiger partial charge in [-0.3, -0.25) is 9.69 Å². The number of carbonyl (C=O) groups excluding carboxylic acids is 1. The maximum absolute atomic E-state index is 12.9. The fraction of sp³-hybridized carbons (Fsp3) is 0.579. The van der Waals surface area contributed by atoms with Gasteiger partial charge in [0.05, 0.1) is 25.8 Å². The molecule has 1 aliphatic heterocycles. The van der Waals surface area contributed by atoms with E-state index in [9.17, 15) is 4.79 Å². The number of aryl methyl sites for hydroxylation is 1. The molecule has 8 heteroatoms. The van der Waals surface area contributed by atoms with Gasteiger partial charge >= 0.3 is 0 Å². The lowest BCUT2D eigenvalue weighted by atomic mass is 9.87. The molecule has 1 aromatic heterocycles. The summed E-state index contributed by atoms with van der Waals surface area (Å²) in [4.78, 5) is 17.0. The molecule has 27 heavy (non-hydrogen) atoms. The molecule has 1 unspecified atom stereocenters. The minimum absolute atomic E-state index is 0.0345. The molecule has 1 aliphatic carbocycles. The lowest BCUT2D eigenvalue weighted by Crippen LogP contribution is -2.38. The monoisotopic (exact) mass is 370 g/mol. The van der Waals surface area contributed by atoms with Crippen LogP contribution in [0.15, 0.2) is 24.3 Å². The molecule has 4 rings (SSSR count). The number of hydrogen-bond donors (Lipinski definition) is 0. The molecule has 0 bridgehead atoms. The first-order chi connectivity index (χ1) is 13.2. The first-order valence-electron chi connectivity index (χ1n) is 9.61. The molecule has 0 N–H and O–H groups in total. The second-order valence-corrected chi connectivity index (χ2v) is 7.25. The van der Waals surface area contributed by atoms with Crippen molar-refractivity contribution in [1.29, 1.82) is 0 Å². The molecule has 1 fully saturated rings. The Hall–Kier alpha value is -2.32. The van der Waals surface area contributed by atoms with Crippen molar-refractivity contribution in [2.75, 3.05) is 33.4 Å². The van der Waals surface area contributed by atoms with Crippen molar-refractivity contribution in [2.24, 2.45) is 0 Å². The molecule has 2 heterocycles. The Labute approximate surface area is 159 Å². The van der Waals surface area contributed by atoms with E-state index in [0.717, 1.165) is 51.4 Å². The first kappa shape index (κ1) is 18.1. The molecule has 0 saturated carbocycles. The predicted molar refractivity (Wildman–Crippen MR) is 98.8 cm³/mol. The van der Waals surface area contributed by atoms with Crippen LogP contribution in [0.3, 0.4) is 0 Å². The highest BCUT2D eigenvalue weighted by molar-refractivity contribution is 5.76. The van der Waals surface area contributed by atoms with Crippen molar-refractivity contribution < 1.29 is 9.53 Å². The smallest absolute Gasteiger partial charge is 0.244 e. The summed E-state index contributed by atoms with van der Waals surface area (Å²) in [6, 6.07) is 8.56. The lowest BCUT2D eigenvalue weighted by molar-refractivity contribution is -0.133. The van der Waals surface area contributed by atoms with Crippen molar-refractivity contribution in [3.8, 4) is 0 Å². The summed E-state index contributed by atoms with van der Waals surface area (Å²) >= 11 is 0. The Kier molecular flexibility index (Phi) is 5.45. The van der Waals surface area contributed by atoms with Crippen LogP contribution in [-0.4, -0.2) is 69.3 Å². The summed E-state index contributed by atoms with van der Waals surface area (Å²) in [7, 11) is 1.89. The molecular formula is C19H26N6O2. The van der Waals surface area contributed by atoms with Gasteiger partial charge in [-0.15, -0.1) is 5.10 Å². The Morgan fingerprint density at radius 1 is 1.30 bits per heavy atom. The number of benzene rings is 1. The zero-order valence-electron chi connectivity index (χ0n) is 15.8. The number of amides is 1. The van der Waals surface area contributed by atoms with E-state index in [-0.39, 0.29) is 18.5 Å². The zero-order chi connectivity index (χ0) is 18.6. The van der Waals surface area contributed by atoms with Gasteiger partial charge in [-0.1, -0.05) is 24.3 Å². The van der Waals surface area contributed by atoms with E-state index in [2.05, 4.69) is 44.7 Å². The Balaban J connectivity index is 1.43. The molecule has 1 saturated heterocycles. The minimum Gasteiger partial charge on any atom is -0.379 e. The third kappa shape index (κ3) is 4.01. The van der Waals surface area contributed by atoms with Gasteiger partial charge in [-0.05, 0) is 40.8 Å². The molecule has 144 valence electrons. The van der Waals surface area contributed by atoms with E-state index < -0.39 is 0 Å². The van der Waals surface area contributed by atoms with Gasteiger partial charge in [0.25, 0.3) is 0 Å². The van der Waals surface area contributed by atoms with Gasteiger partial charge in [0.2, 0.25) is 5.91 Å². The SMILES string of the molecule is CN(C(=O)Cn1nnnc1CN1CCOCC1)C1CCCc2ccccc21. The normalized spacial score (nSPS) is 20.3. The third-order valence-corrected chi connectivity index (χ3v) is 5.56. The van der Waals surface area contributed by atoms with Crippen molar-refractivity contribution in [1.82, 2.24) is 30.0 Å². The summed E-state index contributed by atoms with van der Waals surface area (Å²) in [5.74, 6) is 0.759. The van der Waals surface area contributed by atoms with Gasteiger partial charge in [0, 0.05) is 20.1 Å².